The maximum atomic E-state index is 11.7. The molecule has 5 nitrogen and oxygen atoms in total. The molecule has 2 amide bonds. The number of thiocarbonyl (C=S) groups is 1. The van der Waals surface area contributed by atoms with E-state index in [1.54, 1.807) is 24.3 Å². The molecule has 0 aliphatic carbocycles. The van der Waals surface area contributed by atoms with E-state index in [4.69, 9.17) is 12.2 Å². The van der Waals surface area contributed by atoms with Gasteiger partial charge in [-0.05, 0) is 49.8 Å². The SMILES string of the molecule is CCCCCCC(=O)NC(=S)Nc1ccc(C(=O)NCC)cc1. The van der Waals surface area contributed by atoms with Gasteiger partial charge in [-0.3, -0.25) is 9.59 Å². The molecule has 1 aromatic rings. The number of hydrogen-bond donors (Lipinski definition) is 3. The average molecular weight is 335 g/mol. The van der Waals surface area contributed by atoms with Gasteiger partial charge in [0.1, 0.15) is 0 Å². The summed E-state index contributed by atoms with van der Waals surface area (Å²) in [7, 11) is 0. The van der Waals surface area contributed by atoms with E-state index in [1.165, 1.54) is 0 Å². The molecule has 3 N–H and O–H groups in total. The van der Waals surface area contributed by atoms with Crippen LogP contribution in [0.3, 0.4) is 0 Å². The smallest absolute Gasteiger partial charge is 0.251 e. The first-order chi connectivity index (χ1) is 11.1. The third kappa shape index (κ3) is 7.74. The highest BCUT2D eigenvalue weighted by Crippen LogP contribution is 2.09. The molecule has 126 valence electrons. The number of unbranched alkanes of at least 4 members (excludes halogenated alkanes) is 3. The molecule has 0 aromatic heterocycles. The number of carbonyl (C=O) groups is 2. The van der Waals surface area contributed by atoms with Crippen molar-refractivity contribution < 1.29 is 9.59 Å². The Bertz CT molecular complexity index is 529. The average Bonchev–Trinajstić information content (AvgIpc) is 2.52. The number of benzene rings is 1. The minimum atomic E-state index is -0.109. The maximum absolute atomic E-state index is 11.7. The van der Waals surface area contributed by atoms with E-state index >= 15 is 0 Å². The molecule has 0 heterocycles. The van der Waals surface area contributed by atoms with Crippen LogP contribution in [-0.2, 0) is 4.79 Å². The Morgan fingerprint density at radius 1 is 1.04 bits per heavy atom. The Hall–Kier alpha value is -1.95. The van der Waals surface area contributed by atoms with Gasteiger partial charge in [0.15, 0.2) is 5.11 Å². The molecule has 0 aliphatic rings. The molecule has 0 bridgehead atoms. The van der Waals surface area contributed by atoms with Gasteiger partial charge >= 0.3 is 0 Å². The normalized spacial score (nSPS) is 10.0. The number of hydrogen-bond acceptors (Lipinski definition) is 3. The number of nitrogens with one attached hydrogen (secondary N) is 3. The van der Waals surface area contributed by atoms with Crippen molar-refractivity contribution in [3.8, 4) is 0 Å². The van der Waals surface area contributed by atoms with Crippen LogP contribution in [0.25, 0.3) is 0 Å². The second-order valence-electron chi connectivity index (χ2n) is 5.25. The van der Waals surface area contributed by atoms with Crippen molar-refractivity contribution in [1.82, 2.24) is 10.6 Å². The summed E-state index contributed by atoms with van der Waals surface area (Å²) in [6.07, 6.45) is 4.72. The molecular weight excluding hydrogens is 310 g/mol. The van der Waals surface area contributed by atoms with Crippen LogP contribution in [0.5, 0.6) is 0 Å². The summed E-state index contributed by atoms with van der Waals surface area (Å²) in [5.74, 6) is -0.181. The van der Waals surface area contributed by atoms with E-state index in [-0.39, 0.29) is 16.9 Å². The lowest BCUT2D eigenvalue weighted by atomic mass is 10.1. The molecule has 1 rings (SSSR count). The third-order valence-corrected chi connectivity index (χ3v) is 3.46. The van der Waals surface area contributed by atoms with E-state index in [2.05, 4.69) is 22.9 Å². The summed E-state index contributed by atoms with van der Waals surface area (Å²) >= 11 is 5.12. The highest BCUT2D eigenvalue weighted by atomic mass is 32.1. The summed E-state index contributed by atoms with van der Waals surface area (Å²) in [6, 6.07) is 6.93. The lowest BCUT2D eigenvalue weighted by molar-refractivity contribution is -0.119. The first kappa shape index (κ1) is 19.1. The second kappa shape index (κ2) is 10.7. The number of amides is 2. The highest BCUT2D eigenvalue weighted by Gasteiger charge is 2.06. The van der Waals surface area contributed by atoms with Crippen molar-refractivity contribution in [1.29, 1.82) is 0 Å². The van der Waals surface area contributed by atoms with Crippen LogP contribution in [0.1, 0.15) is 56.3 Å². The standard InChI is InChI=1S/C17H25N3O2S/c1-3-5-6-7-8-15(21)20-17(23)19-14-11-9-13(10-12-14)16(22)18-4-2/h9-12H,3-8H2,1-2H3,(H,18,22)(H2,19,20,21,23). The van der Waals surface area contributed by atoms with Gasteiger partial charge in [-0.2, -0.15) is 0 Å². The van der Waals surface area contributed by atoms with E-state index in [9.17, 15) is 9.59 Å². The molecule has 1 aromatic carbocycles. The molecule has 6 heteroatoms. The fourth-order valence-electron chi connectivity index (χ4n) is 2.03. The number of carbonyl (C=O) groups excluding carboxylic acids is 2. The number of anilines is 1. The van der Waals surface area contributed by atoms with E-state index in [1.807, 2.05) is 6.92 Å². The third-order valence-electron chi connectivity index (χ3n) is 3.25. The molecule has 23 heavy (non-hydrogen) atoms. The molecule has 0 spiro atoms. The Balaban J connectivity index is 2.39. The minimum Gasteiger partial charge on any atom is -0.352 e. The van der Waals surface area contributed by atoms with Crippen LogP contribution in [0.15, 0.2) is 24.3 Å². The van der Waals surface area contributed by atoms with Crippen LogP contribution in [0, 0.1) is 0 Å². The molecule has 0 atom stereocenters. The topological polar surface area (TPSA) is 70.2 Å². The van der Waals surface area contributed by atoms with Gasteiger partial charge in [-0.15, -0.1) is 0 Å². The lowest BCUT2D eigenvalue weighted by Gasteiger charge is -2.10. The molecule has 0 saturated carbocycles. The fraction of sp³-hybridized carbons (Fsp3) is 0.471. The number of rotatable bonds is 8. The molecule has 0 unspecified atom stereocenters. The van der Waals surface area contributed by atoms with Crippen LogP contribution in [0.2, 0.25) is 0 Å². The van der Waals surface area contributed by atoms with Crippen molar-refractivity contribution >= 4 is 34.8 Å². The zero-order valence-corrected chi connectivity index (χ0v) is 14.6. The summed E-state index contributed by atoms with van der Waals surface area (Å²) in [5, 5.41) is 8.61. The van der Waals surface area contributed by atoms with Crippen molar-refractivity contribution in [2.75, 3.05) is 11.9 Å². The van der Waals surface area contributed by atoms with Crippen LogP contribution in [0.4, 0.5) is 5.69 Å². The van der Waals surface area contributed by atoms with E-state index < -0.39 is 0 Å². The minimum absolute atomic E-state index is 0.0717. The van der Waals surface area contributed by atoms with Gasteiger partial charge < -0.3 is 16.0 Å². The zero-order chi connectivity index (χ0) is 17.1. The van der Waals surface area contributed by atoms with Crippen molar-refractivity contribution in [3.63, 3.8) is 0 Å². The fourth-order valence-corrected chi connectivity index (χ4v) is 2.26. The maximum Gasteiger partial charge on any atom is 0.251 e. The van der Waals surface area contributed by atoms with Crippen molar-refractivity contribution in [2.24, 2.45) is 0 Å². The Labute approximate surface area is 143 Å². The van der Waals surface area contributed by atoms with Gasteiger partial charge in [-0.1, -0.05) is 26.2 Å². The molecular formula is C17H25N3O2S. The van der Waals surface area contributed by atoms with Gasteiger partial charge in [0.25, 0.3) is 5.91 Å². The first-order valence-electron chi connectivity index (χ1n) is 8.06. The Kier molecular flexibility index (Phi) is 8.90. The summed E-state index contributed by atoms with van der Waals surface area (Å²) < 4.78 is 0. The van der Waals surface area contributed by atoms with Crippen LogP contribution < -0.4 is 16.0 Å². The monoisotopic (exact) mass is 335 g/mol. The molecule has 0 radical (unpaired) electrons. The molecule has 0 saturated heterocycles. The van der Waals surface area contributed by atoms with E-state index in [0.29, 0.717) is 18.5 Å². The first-order valence-corrected chi connectivity index (χ1v) is 8.46. The van der Waals surface area contributed by atoms with Gasteiger partial charge in [0.2, 0.25) is 5.91 Å². The lowest BCUT2D eigenvalue weighted by Crippen LogP contribution is -2.33. The van der Waals surface area contributed by atoms with Crippen molar-refractivity contribution in [3.05, 3.63) is 29.8 Å². The summed E-state index contributed by atoms with van der Waals surface area (Å²) in [6.45, 7) is 4.60. The second-order valence-corrected chi connectivity index (χ2v) is 5.66. The van der Waals surface area contributed by atoms with E-state index in [0.717, 1.165) is 31.4 Å². The predicted octanol–water partition coefficient (Wildman–Crippen LogP) is 3.22. The van der Waals surface area contributed by atoms with Crippen LogP contribution in [-0.4, -0.2) is 23.5 Å². The quantitative estimate of drug-likeness (QED) is 0.504. The Morgan fingerprint density at radius 2 is 1.74 bits per heavy atom. The van der Waals surface area contributed by atoms with Gasteiger partial charge in [0.05, 0.1) is 0 Å². The largest absolute Gasteiger partial charge is 0.352 e. The Morgan fingerprint density at radius 3 is 2.35 bits per heavy atom. The van der Waals surface area contributed by atoms with Gasteiger partial charge in [-0.25, -0.2) is 0 Å². The molecule has 0 aliphatic heterocycles. The van der Waals surface area contributed by atoms with Crippen molar-refractivity contribution in [2.45, 2.75) is 46.0 Å². The van der Waals surface area contributed by atoms with Crippen LogP contribution >= 0.6 is 12.2 Å². The summed E-state index contributed by atoms with van der Waals surface area (Å²) in [4.78, 5) is 23.4. The summed E-state index contributed by atoms with van der Waals surface area (Å²) in [5.41, 5.74) is 1.32. The van der Waals surface area contributed by atoms with Gasteiger partial charge in [0, 0.05) is 24.2 Å². The highest BCUT2D eigenvalue weighted by molar-refractivity contribution is 7.80. The molecule has 0 fully saturated rings. The zero-order valence-electron chi connectivity index (χ0n) is 13.8. The predicted molar refractivity (Wildman–Crippen MR) is 97.6 cm³/mol.